The van der Waals surface area contributed by atoms with Crippen molar-refractivity contribution in [3.05, 3.63) is 35.9 Å². The van der Waals surface area contributed by atoms with E-state index in [4.69, 9.17) is 0 Å². The predicted molar refractivity (Wildman–Crippen MR) is 53.0 cm³/mol. The summed E-state index contributed by atoms with van der Waals surface area (Å²) in [5.41, 5.74) is -0.0474. The van der Waals surface area contributed by atoms with Gasteiger partial charge in [-0.15, -0.1) is 0 Å². The average molecular weight is 188 g/mol. The van der Waals surface area contributed by atoms with Crippen LogP contribution in [-0.4, -0.2) is 11.6 Å². The molecule has 72 valence electrons. The summed E-state index contributed by atoms with van der Waals surface area (Å²) in [6.07, 6.45) is 0.786. The van der Waals surface area contributed by atoms with E-state index in [1.165, 1.54) is 0 Å². The average Bonchev–Trinajstić information content (AvgIpc) is 2.49. The van der Waals surface area contributed by atoms with E-state index >= 15 is 0 Å². The molecule has 2 nitrogen and oxygen atoms in total. The normalized spacial score (nSPS) is 20.1. The van der Waals surface area contributed by atoms with Gasteiger partial charge in [-0.25, -0.2) is 0 Å². The standard InChI is InChI=1S/C12H12O2/c1-12(9-5-3-2-4-6-9)10(13)7-8-11(12)14/h2-6H,7-8H2,1H3. The number of Topliss-reactive ketones (excluding diaryl/α,β-unsaturated/α-hetero) is 2. The molecule has 0 unspecified atom stereocenters. The molecule has 1 aromatic rings. The Morgan fingerprint density at radius 1 is 1.00 bits per heavy atom. The van der Waals surface area contributed by atoms with E-state index in [0.717, 1.165) is 5.56 Å². The van der Waals surface area contributed by atoms with Gasteiger partial charge >= 0.3 is 0 Å². The summed E-state index contributed by atoms with van der Waals surface area (Å²) in [5.74, 6) is 0.0994. The van der Waals surface area contributed by atoms with E-state index in [9.17, 15) is 9.59 Å². The van der Waals surface area contributed by atoms with Crippen molar-refractivity contribution in [1.29, 1.82) is 0 Å². The van der Waals surface area contributed by atoms with E-state index in [1.807, 2.05) is 30.3 Å². The molecular weight excluding hydrogens is 176 g/mol. The lowest BCUT2D eigenvalue weighted by Gasteiger charge is -2.20. The third-order valence-electron chi connectivity index (χ3n) is 3.05. The largest absolute Gasteiger partial charge is 0.298 e. The molecule has 1 fully saturated rings. The van der Waals surface area contributed by atoms with Gasteiger partial charge in [0, 0.05) is 12.8 Å². The summed E-state index contributed by atoms with van der Waals surface area (Å²) in [5, 5.41) is 0. The highest BCUT2D eigenvalue weighted by Crippen LogP contribution is 2.34. The highest BCUT2D eigenvalue weighted by Gasteiger charge is 2.46. The number of carbonyl (C=O) groups is 2. The van der Waals surface area contributed by atoms with Gasteiger partial charge in [0.05, 0.1) is 0 Å². The molecule has 0 amide bonds. The first-order valence-electron chi connectivity index (χ1n) is 4.78. The van der Waals surface area contributed by atoms with Crippen molar-refractivity contribution >= 4 is 11.6 Å². The van der Waals surface area contributed by atoms with Gasteiger partial charge in [0.15, 0.2) is 11.6 Å². The quantitative estimate of drug-likeness (QED) is 0.630. The van der Waals surface area contributed by atoms with Crippen LogP contribution in [0, 0.1) is 0 Å². The summed E-state index contributed by atoms with van der Waals surface area (Å²) >= 11 is 0. The lowest BCUT2D eigenvalue weighted by Crippen LogP contribution is -2.34. The smallest absolute Gasteiger partial charge is 0.150 e. The second-order valence-corrected chi connectivity index (χ2v) is 3.84. The molecule has 0 heterocycles. The maximum atomic E-state index is 11.7. The zero-order valence-corrected chi connectivity index (χ0v) is 8.12. The first-order chi connectivity index (χ1) is 6.65. The van der Waals surface area contributed by atoms with Gasteiger partial charge in [0.25, 0.3) is 0 Å². The molecule has 1 aliphatic rings. The van der Waals surface area contributed by atoms with Crippen LogP contribution in [0.3, 0.4) is 0 Å². The number of carbonyl (C=O) groups excluding carboxylic acids is 2. The Balaban J connectivity index is 2.51. The van der Waals surface area contributed by atoms with Gasteiger partial charge < -0.3 is 0 Å². The molecule has 0 atom stereocenters. The molecule has 1 aliphatic carbocycles. The SMILES string of the molecule is CC1(c2ccccc2)C(=O)CCC1=O. The van der Waals surface area contributed by atoms with Crippen molar-refractivity contribution in [3.63, 3.8) is 0 Å². The summed E-state index contributed by atoms with van der Waals surface area (Å²) in [6, 6.07) is 9.30. The summed E-state index contributed by atoms with van der Waals surface area (Å²) in [6.45, 7) is 1.74. The van der Waals surface area contributed by atoms with Crippen molar-refractivity contribution in [3.8, 4) is 0 Å². The third-order valence-corrected chi connectivity index (χ3v) is 3.05. The first-order valence-corrected chi connectivity index (χ1v) is 4.78. The third kappa shape index (κ3) is 1.10. The lowest BCUT2D eigenvalue weighted by atomic mass is 9.79. The molecule has 1 aromatic carbocycles. The molecule has 1 saturated carbocycles. The first kappa shape index (κ1) is 9.13. The zero-order valence-electron chi connectivity index (χ0n) is 8.12. The lowest BCUT2D eigenvalue weighted by molar-refractivity contribution is -0.128. The van der Waals surface area contributed by atoms with Crippen LogP contribution < -0.4 is 0 Å². The van der Waals surface area contributed by atoms with Crippen molar-refractivity contribution in [2.75, 3.05) is 0 Å². The predicted octanol–water partition coefficient (Wildman–Crippen LogP) is 1.88. The highest BCUT2D eigenvalue weighted by molar-refractivity contribution is 6.17. The molecule has 14 heavy (non-hydrogen) atoms. The molecule has 0 spiro atoms. The van der Waals surface area contributed by atoms with Crippen LogP contribution in [0.1, 0.15) is 25.3 Å². The Morgan fingerprint density at radius 2 is 1.50 bits per heavy atom. The number of ketones is 2. The van der Waals surface area contributed by atoms with Crippen molar-refractivity contribution in [2.45, 2.75) is 25.2 Å². The minimum absolute atomic E-state index is 0.0497. The van der Waals surface area contributed by atoms with Gasteiger partial charge in [-0.3, -0.25) is 9.59 Å². The fraction of sp³-hybridized carbons (Fsp3) is 0.333. The van der Waals surface area contributed by atoms with Crippen molar-refractivity contribution in [2.24, 2.45) is 0 Å². The summed E-state index contributed by atoms with van der Waals surface area (Å²) in [4.78, 5) is 23.4. The van der Waals surface area contributed by atoms with Crippen molar-refractivity contribution in [1.82, 2.24) is 0 Å². The number of rotatable bonds is 1. The van der Waals surface area contributed by atoms with E-state index in [1.54, 1.807) is 6.92 Å². The van der Waals surface area contributed by atoms with Crippen LogP contribution in [0.5, 0.6) is 0 Å². The fourth-order valence-corrected chi connectivity index (χ4v) is 1.98. The topological polar surface area (TPSA) is 34.1 Å². The maximum absolute atomic E-state index is 11.7. The molecule has 0 saturated heterocycles. The molecule has 0 aliphatic heterocycles. The number of hydrogen-bond donors (Lipinski definition) is 0. The van der Waals surface area contributed by atoms with Gasteiger partial charge in [0.2, 0.25) is 0 Å². The Bertz CT molecular complexity index is 363. The molecule has 0 N–H and O–H groups in total. The number of hydrogen-bond acceptors (Lipinski definition) is 2. The second kappa shape index (κ2) is 3.05. The van der Waals surface area contributed by atoms with Gasteiger partial charge in [-0.05, 0) is 12.5 Å². The van der Waals surface area contributed by atoms with Crippen molar-refractivity contribution < 1.29 is 9.59 Å². The minimum atomic E-state index is -0.874. The van der Waals surface area contributed by atoms with Gasteiger partial charge in [0.1, 0.15) is 5.41 Å². The second-order valence-electron chi connectivity index (χ2n) is 3.84. The van der Waals surface area contributed by atoms with Crippen LogP contribution in [0.2, 0.25) is 0 Å². The van der Waals surface area contributed by atoms with Crippen LogP contribution in [-0.2, 0) is 15.0 Å². The fourth-order valence-electron chi connectivity index (χ4n) is 1.98. The maximum Gasteiger partial charge on any atom is 0.150 e. The number of benzene rings is 1. The Kier molecular flexibility index (Phi) is 1.99. The van der Waals surface area contributed by atoms with Gasteiger partial charge in [-0.2, -0.15) is 0 Å². The summed E-state index contributed by atoms with van der Waals surface area (Å²) < 4.78 is 0. The minimum Gasteiger partial charge on any atom is -0.298 e. The van der Waals surface area contributed by atoms with E-state index in [0.29, 0.717) is 12.8 Å². The molecule has 2 rings (SSSR count). The van der Waals surface area contributed by atoms with E-state index < -0.39 is 5.41 Å². The Labute approximate surface area is 82.9 Å². The molecule has 0 bridgehead atoms. The summed E-state index contributed by atoms with van der Waals surface area (Å²) in [7, 11) is 0. The van der Waals surface area contributed by atoms with Gasteiger partial charge in [-0.1, -0.05) is 30.3 Å². The van der Waals surface area contributed by atoms with E-state index in [2.05, 4.69) is 0 Å². The molecular formula is C12H12O2. The Morgan fingerprint density at radius 3 is 2.00 bits per heavy atom. The van der Waals surface area contributed by atoms with Crippen LogP contribution >= 0.6 is 0 Å². The molecule has 0 aromatic heterocycles. The Hall–Kier alpha value is -1.44. The van der Waals surface area contributed by atoms with E-state index in [-0.39, 0.29) is 11.6 Å². The molecule has 0 radical (unpaired) electrons. The van der Waals surface area contributed by atoms with Crippen LogP contribution in [0.15, 0.2) is 30.3 Å². The molecule has 2 heteroatoms. The zero-order chi connectivity index (χ0) is 10.2. The van der Waals surface area contributed by atoms with Crippen LogP contribution in [0.4, 0.5) is 0 Å². The highest BCUT2D eigenvalue weighted by atomic mass is 16.2. The van der Waals surface area contributed by atoms with Crippen LogP contribution in [0.25, 0.3) is 0 Å². The monoisotopic (exact) mass is 188 g/mol.